The van der Waals surface area contributed by atoms with Gasteiger partial charge in [-0.15, -0.1) is 10.2 Å². The Bertz CT molecular complexity index is 897. The van der Waals surface area contributed by atoms with E-state index in [1.165, 1.54) is 41.3 Å². The lowest BCUT2D eigenvalue weighted by molar-refractivity contribution is 0.303. The van der Waals surface area contributed by atoms with Crippen LogP contribution in [0.4, 0.5) is 15.2 Å². The summed E-state index contributed by atoms with van der Waals surface area (Å²) in [5, 5.41) is 15.5. The quantitative estimate of drug-likeness (QED) is 0.389. The van der Waals surface area contributed by atoms with Crippen LogP contribution in [0.5, 0.6) is 0 Å². The molecule has 2 heterocycles. The number of nitrogens with two attached hydrogens (primary N) is 2. The smallest absolute Gasteiger partial charge is 0.203 e. The lowest BCUT2D eigenvalue weighted by Crippen LogP contribution is -2.15. The minimum absolute atomic E-state index is 0.0491. The van der Waals surface area contributed by atoms with Crippen molar-refractivity contribution in [1.82, 2.24) is 20.5 Å². The number of hydrogen-bond donors (Lipinski definition) is 2. The summed E-state index contributed by atoms with van der Waals surface area (Å²) in [4.78, 5) is 4.15. The predicted molar refractivity (Wildman–Crippen MR) is 90.0 cm³/mol. The number of halogens is 2. The number of anilines is 1. The van der Waals surface area contributed by atoms with E-state index in [0.29, 0.717) is 32.3 Å². The molecule has 0 amide bonds. The fourth-order valence-corrected chi connectivity index (χ4v) is 3.38. The predicted octanol–water partition coefficient (Wildman–Crippen LogP) is 2.63. The van der Waals surface area contributed by atoms with Gasteiger partial charge in [-0.25, -0.2) is 14.0 Å². The number of hydrogen-bond acceptors (Lipinski definition) is 9. The van der Waals surface area contributed by atoms with Crippen LogP contribution < -0.4 is 11.5 Å². The molecule has 0 aliphatic rings. The molecule has 0 radical (unpaired) electrons. The third-order valence-corrected chi connectivity index (χ3v) is 4.89. The summed E-state index contributed by atoms with van der Waals surface area (Å²) >= 11 is 8.34. The van der Waals surface area contributed by atoms with E-state index in [1.807, 2.05) is 0 Å². The first-order chi connectivity index (χ1) is 11.5. The standard InChI is InChI=1S/C12H9ClFN7OS2/c13-6-3-5(1-2-7(6)14)17-10(15)9-8(20-22-21-9)4-23-12-19-18-11(16)24-12/h1-3H,4H2,(H2,15,17)(H2,16,18). The van der Waals surface area contributed by atoms with Gasteiger partial charge in [-0.1, -0.05) is 39.9 Å². The van der Waals surface area contributed by atoms with Crippen molar-refractivity contribution in [3.05, 3.63) is 40.4 Å². The highest BCUT2D eigenvalue weighted by molar-refractivity contribution is 8.00. The summed E-state index contributed by atoms with van der Waals surface area (Å²) in [7, 11) is 0. The van der Waals surface area contributed by atoms with Crippen molar-refractivity contribution >= 4 is 51.4 Å². The van der Waals surface area contributed by atoms with Crippen molar-refractivity contribution in [3.63, 3.8) is 0 Å². The van der Waals surface area contributed by atoms with Crippen molar-refractivity contribution in [2.75, 3.05) is 5.73 Å². The van der Waals surface area contributed by atoms with Gasteiger partial charge in [0.05, 0.1) is 10.7 Å². The van der Waals surface area contributed by atoms with Crippen molar-refractivity contribution in [2.24, 2.45) is 10.7 Å². The summed E-state index contributed by atoms with van der Waals surface area (Å²) in [6, 6.07) is 4.00. The van der Waals surface area contributed by atoms with E-state index in [2.05, 4.69) is 25.5 Å². The van der Waals surface area contributed by atoms with Crippen LogP contribution >= 0.6 is 34.7 Å². The topological polar surface area (TPSA) is 129 Å². The van der Waals surface area contributed by atoms with Crippen LogP contribution in [0.3, 0.4) is 0 Å². The molecule has 0 aliphatic carbocycles. The van der Waals surface area contributed by atoms with Crippen LogP contribution in [0.2, 0.25) is 5.02 Å². The summed E-state index contributed by atoms with van der Waals surface area (Å²) < 4.78 is 18.6. The van der Waals surface area contributed by atoms with Crippen molar-refractivity contribution in [1.29, 1.82) is 0 Å². The number of aromatic nitrogens is 4. The second-order valence-corrected chi connectivity index (χ2v) is 6.99. The fraction of sp³-hybridized carbons (Fsp3) is 0.0833. The highest BCUT2D eigenvalue weighted by Crippen LogP contribution is 2.27. The van der Waals surface area contributed by atoms with Gasteiger partial charge in [-0.2, -0.15) is 0 Å². The molecule has 1 aromatic carbocycles. The molecular formula is C12H9ClFN7OS2. The Morgan fingerprint density at radius 2 is 2.21 bits per heavy atom. The second kappa shape index (κ2) is 7.11. The minimum Gasteiger partial charge on any atom is -0.382 e. The minimum atomic E-state index is -0.536. The molecule has 4 N–H and O–H groups in total. The van der Waals surface area contributed by atoms with Crippen LogP contribution in [-0.4, -0.2) is 26.3 Å². The Labute approximate surface area is 148 Å². The van der Waals surface area contributed by atoms with Crippen LogP contribution in [0.25, 0.3) is 0 Å². The van der Waals surface area contributed by atoms with E-state index in [4.69, 9.17) is 27.7 Å². The zero-order chi connectivity index (χ0) is 17.1. The van der Waals surface area contributed by atoms with Gasteiger partial charge in [0.1, 0.15) is 11.5 Å². The number of thioether (sulfide) groups is 1. The zero-order valence-corrected chi connectivity index (χ0v) is 14.2. The first kappa shape index (κ1) is 16.6. The summed E-state index contributed by atoms with van der Waals surface area (Å²) in [6.45, 7) is 0. The van der Waals surface area contributed by atoms with E-state index >= 15 is 0 Å². The SMILES string of the molecule is NC(=Nc1ccc(F)c(Cl)c1)c1nonc1CSc1nnc(N)s1. The van der Waals surface area contributed by atoms with Crippen LogP contribution in [-0.2, 0) is 5.75 Å². The number of benzene rings is 1. The van der Waals surface area contributed by atoms with Crippen molar-refractivity contribution < 1.29 is 9.02 Å². The maximum Gasteiger partial charge on any atom is 0.203 e. The second-order valence-electron chi connectivity index (χ2n) is 4.35. The highest BCUT2D eigenvalue weighted by atomic mass is 35.5. The Morgan fingerprint density at radius 3 is 2.92 bits per heavy atom. The Kier molecular flexibility index (Phi) is 4.92. The van der Waals surface area contributed by atoms with Gasteiger partial charge in [0.15, 0.2) is 15.9 Å². The van der Waals surface area contributed by atoms with Crippen molar-refractivity contribution in [2.45, 2.75) is 10.1 Å². The van der Waals surface area contributed by atoms with E-state index < -0.39 is 5.82 Å². The Balaban J connectivity index is 1.78. The fourth-order valence-electron chi connectivity index (χ4n) is 1.65. The normalized spacial score (nSPS) is 11.8. The molecule has 3 rings (SSSR count). The molecule has 0 saturated carbocycles. The lowest BCUT2D eigenvalue weighted by Gasteiger charge is -2.00. The summed E-state index contributed by atoms with van der Waals surface area (Å²) in [5.41, 5.74) is 12.6. The third kappa shape index (κ3) is 3.80. The van der Waals surface area contributed by atoms with Crippen molar-refractivity contribution in [3.8, 4) is 0 Å². The molecule has 124 valence electrons. The number of nitrogen functional groups attached to an aromatic ring is 1. The average Bonchev–Trinajstić information content (AvgIpc) is 3.17. The van der Waals surface area contributed by atoms with Gasteiger partial charge in [0, 0.05) is 5.75 Å². The Morgan fingerprint density at radius 1 is 1.38 bits per heavy atom. The third-order valence-electron chi connectivity index (χ3n) is 2.71. The Hall–Kier alpha value is -2.24. The van der Waals surface area contributed by atoms with Crippen LogP contribution in [0, 0.1) is 5.82 Å². The first-order valence-corrected chi connectivity index (χ1v) is 8.53. The average molecular weight is 386 g/mol. The van der Waals surface area contributed by atoms with Crippen LogP contribution in [0.15, 0.2) is 32.2 Å². The van der Waals surface area contributed by atoms with Gasteiger partial charge in [0.2, 0.25) is 5.13 Å². The van der Waals surface area contributed by atoms with E-state index in [-0.39, 0.29) is 10.9 Å². The molecule has 2 aromatic heterocycles. The van der Waals surface area contributed by atoms with Gasteiger partial charge in [-0.3, -0.25) is 0 Å². The number of nitrogens with zero attached hydrogens (tertiary/aromatic N) is 5. The zero-order valence-electron chi connectivity index (χ0n) is 11.8. The molecule has 8 nitrogen and oxygen atoms in total. The molecule has 0 unspecified atom stereocenters. The van der Waals surface area contributed by atoms with Gasteiger partial charge in [0.25, 0.3) is 0 Å². The molecule has 0 fully saturated rings. The van der Waals surface area contributed by atoms with E-state index in [1.54, 1.807) is 0 Å². The van der Waals surface area contributed by atoms with Crippen LogP contribution in [0.1, 0.15) is 11.4 Å². The lowest BCUT2D eigenvalue weighted by atomic mass is 10.3. The van der Waals surface area contributed by atoms with Gasteiger partial charge < -0.3 is 11.5 Å². The molecule has 0 bridgehead atoms. The molecule has 0 spiro atoms. The maximum atomic E-state index is 13.2. The molecule has 0 aliphatic heterocycles. The van der Waals surface area contributed by atoms with Gasteiger partial charge >= 0.3 is 0 Å². The molecule has 0 atom stereocenters. The van der Waals surface area contributed by atoms with Gasteiger partial charge in [-0.05, 0) is 23.4 Å². The monoisotopic (exact) mass is 385 g/mol. The molecule has 3 aromatic rings. The summed E-state index contributed by atoms with van der Waals surface area (Å²) in [5.74, 6) is -0.0644. The first-order valence-electron chi connectivity index (χ1n) is 6.35. The molecule has 12 heteroatoms. The molecule has 24 heavy (non-hydrogen) atoms. The molecule has 0 saturated heterocycles. The molecular weight excluding hydrogens is 377 g/mol. The maximum absolute atomic E-state index is 13.2. The largest absolute Gasteiger partial charge is 0.382 e. The van der Waals surface area contributed by atoms with E-state index in [0.717, 1.165) is 0 Å². The van der Waals surface area contributed by atoms with E-state index in [9.17, 15) is 4.39 Å². The highest BCUT2D eigenvalue weighted by Gasteiger charge is 2.15. The summed E-state index contributed by atoms with van der Waals surface area (Å²) in [6.07, 6.45) is 0. The number of amidine groups is 1. The number of aliphatic imine (C=N–C) groups is 1. The number of rotatable bonds is 5.